The molecular formula is C22H14F3NO2S. The van der Waals surface area contributed by atoms with Crippen molar-refractivity contribution in [2.24, 2.45) is 0 Å². The van der Waals surface area contributed by atoms with E-state index in [2.05, 4.69) is 0 Å². The first-order valence-corrected chi connectivity index (χ1v) is 9.54. The quantitative estimate of drug-likeness (QED) is 0.487. The predicted molar refractivity (Wildman–Crippen MR) is 107 cm³/mol. The predicted octanol–water partition coefficient (Wildman–Crippen LogP) is 6.10. The third-order valence-corrected chi connectivity index (χ3v) is 5.53. The standard InChI is InChI=1S/C22H14F3NO2S/c23-22(24,25)17-10-8-14(9-11-17)12-19-20(27)26(21(28)29-19)13-16-6-3-5-15-4-1-2-7-18(15)16/h1-12H,13H2/b19-12+. The number of alkyl halides is 3. The molecule has 146 valence electrons. The molecule has 0 atom stereocenters. The van der Waals surface area contributed by atoms with Gasteiger partial charge in [-0.3, -0.25) is 14.5 Å². The smallest absolute Gasteiger partial charge is 0.268 e. The molecule has 1 aliphatic rings. The minimum Gasteiger partial charge on any atom is -0.268 e. The van der Waals surface area contributed by atoms with Crippen molar-refractivity contribution in [1.82, 2.24) is 4.90 Å². The number of halogens is 3. The zero-order valence-corrected chi connectivity index (χ0v) is 15.8. The number of amides is 2. The Bertz CT molecular complexity index is 1130. The fourth-order valence-corrected chi connectivity index (χ4v) is 4.00. The molecule has 0 aliphatic carbocycles. The molecule has 0 bridgehead atoms. The number of nitrogens with zero attached hydrogens (tertiary/aromatic N) is 1. The third kappa shape index (κ3) is 3.91. The molecule has 4 rings (SSSR count). The summed E-state index contributed by atoms with van der Waals surface area (Å²) in [7, 11) is 0. The molecular weight excluding hydrogens is 399 g/mol. The zero-order valence-electron chi connectivity index (χ0n) is 14.9. The topological polar surface area (TPSA) is 37.4 Å². The van der Waals surface area contributed by atoms with Crippen LogP contribution in [0.25, 0.3) is 16.8 Å². The molecule has 1 aliphatic heterocycles. The van der Waals surface area contributed by atoms with Gasteiger partial charge in [0.25, 0.3) is 11.1 Å². The summed E-state index contributed by atoms with van der Waals surface area (Å²) in [5.74, 6) is -0.451. The van der Waals surface area contributed by atoms with E-state index in [1.54, 1.807) is 0 Å². The number of carbonyl (C=O) groups is 2. The van der Waals surface area contributed by atoms with Crippen LogP contribution in [-0.4, -0.2) is 16.0 Å². The average molecular weight is 413 g/mol. The summed E-state index contributed by atoms with van der Waals surface area (Å²) >= 11 is 0.787. The van der Waals surface area contributed by atoms with Crippen LogP contribution >= 0.6 is 11.8 Å². The van der Waals surface area contributed by atoms with E-state index < -0.39 is 22.9 Å². The van der Waals surface area contributed by atoms with Crippen LogP contribution < -0.4 is 0 Å². The summed E-state index contributed by atoms with van der Waals surface area (Å²) in [6.45, 7) is 0.135. The van der Waals surface area contributed by atoms with E-state index in [9.17, 15) is 22.8 Å². The van der Waals surface area contributed by atoms with Crippen LogP contribution in [-0.2, 0) is 17.5 Å². The molecule has 2 amide bonds. The second-order valence-corrected chi connectivity index (χ2v) is 7.52. The highest BCUT2D eigenvalue weighted by atomic mass is 32.2. The van der Waals surface area contributed by atoms with Crippen molar-refractivity contribution in [2.45, 2.75) is 12.7 Å². The number of fused-ring (bicyclic) bond motifs is 1. The fraction of sp³-hybridized carbons (Fsp3) is 0.0909. The van der Waals surface area contributed by atoms with Crippen LogP contribution in [0.5, 0.6) is 0 Å². The molecule has 0 N–H and O–H groups in total. The Morgan fingerprint density at radius 2 is 1.59 bits per heavy atom. The lowest BCUT2D eigenvalue weighted by molar-refractivity contribution is -0.137. The van der Waals surface area contributed by atoms with E-state index in [1.165, 1.54) is 18.2 Å². The third-order valence-electron chi connectivity index (χ3n) is 4.62. The highest BCUT2D eigenvalue weighted by Crippen LogP contribution is 2.35. The Hall–Kier alpha value is -3.06. The molecule has 0 spiro atoms. The van der Waals surface area contributed by atoms with Gasteiger partial charge in [-0.15, -0.1) is 0 Å². The first-order chi connectivity index (χ1) is 13.8. The largest absolute Gasteiger partial charge is 0.416 e. The lowest BCUT2D eigenvalue weighted by Crippen LogP contribution is -2.27. The van der Waals surface area contributed by atoms with E-state index >= 15 is 0 Å². The Morgan fingerprint density at radius 1 is 0.897 bits per heavy atom. The molecule has 0 unspecified atom stereocenters. The molecule has 3 aromatic carbocycles. The van der Waals surface area contributed by atoms with Crippen molar-refractivity contribution in [3.05, 3.63) is 88.3 Å². The van der Waals surface area contributed by atoms with Crippen molar-refractivity contribution in [3.63, 3.8) is 0 Å². The van der Waals surface area contributed by atoms with Gasteiger partial charge >= 0.3 is 6.18 Å². The molecule has 0 radical (unpaired) electrons. The lowest BCUT2D eigenvalue weighted by atomic mass is 10.0. The van der Waals surface area contributed by atoms with Crippen molar-refractivity contribution in [2.75, 3.05) is 0 Å². The second kappa shape index (κ2) is 7.40. The monoisotopic (exact) mass is 413 g/mol. The van der Waals surface area contributed by atoms with Gasteiger partial charge in [0.15, 0.2) is 0 Å². The number of imide groups is 1. The van der Waals surface area contributed by atoms with Gasteiger partial charge < -0.3 is 0 Å². The Labute approximate surface area is 168 Å². The highest BCUT2D eigenvalue weighted by Gasteiger charge is 2.35. The number of carbonyl (C=O) groups excluding carboxylic acids is 2. The maximum absolute atomic E-state index is 12.7. The van der Waals surface area contributed by atoms with Crippen LogP contribution in [0, 0.1) is 0 Å². The molecule has 1 saturated heterocycles. The van der Waals surface area contributed by atoms with E-state index in [-0.39, 0.29) is 11.4 Å². The molecule has 1 heterocycles. The second-order valence-electron chi connectivity index (χ2n) is 6.53. The maximum atomic E-state index is 12.7. The number of thioether (sulfide) groups is 1. The summed E-state index contributed by atoms with van der Waals surface area (Å²) in [5.41, 5.74) is 0.508. The molecule has 3 nitrogen and oxygen atoms in total. The Kier molecular flexibility index (Phi) is 4.92. The zero-order chi connectivity index (χ0) is 20.6. The SMILES string of the molecule is O=C1S/C(=C/c2ccc(C(F)(F)F)cc2)C(=O)N1Cc1cccc2ccccc12. The van der Waals surface area contributed by atoms with Crippen molar-refractivity contribution in [3.8, 4) is 0 Å². The fourth-order valence-electron chi connectivity index (χ4n) is 3.16. The summed E-state index contributed by atoms with van der Waals surface area (Å²) in [6, 6.07) is 17.8. The van der Waals surface area contributed by atoms with Crippen molar-refractivity contribution < 1.29 is 22.8 Å². The average Bonchev–Trinajstić information content (AvgIpc) is 2.95. The van der Waals surface area contributed by atoms with Crippen LogP contribution in [0.2, 0.25) is 0 Å². The normalized spacial score (nSPS) is 16.2. The molecule has 7 heteroatoms. The Morgan fingerprint density at radius 3 is 2.31 bits per heavy atom. The maximum Gasteiger partial charge on any atom is 0.416 e. The van der Waals surface area contributed by atoms with Crippen LogP contribution in [0.15, 0.2) is 71.6 Å². The van der Waals surface area contributed by atoms with Gasteiger partial charge in [0, 0.05) is 0 Å². The molecule has 29 heavy (non-hydrogen) atoms. The van der Waals surface area contributed by atoms with Crippen LogP contribution in [0.4, 0.5) is 18.0 Å². The van der Waals surface area contributed by atoms with E-state index in [0.29, 0.717) is 5.56 Å². The summed E-state index contributed by atoms with van der Waals surface area (Å²) < 4.78 is 38.0. The Balaban J connectivity index is 1.58. The molecule has 1 fully saturated rings. The first kappa shape index (κ1) is 19.3. The number of hydrogen-bond donors (Lipinski definition) is 0. The summed E-state index contributed by atoms with van der Waals surface area (Å²) in [5, 5.41) is 1.57. The van der Waals surface area contributed by atoms with E-state index in [0.717, 1.165) is 45.1 Å². The number of hydrogen-bond acceptors (Lipinski definition) is 3. The molecule has 0 aromatic heterocycles. The summed E-state index contributed by atoms with van der Waals surface area (Å²) in [4.78, 5) is 26.5. The minimum atomic E-state index is -4.42. The van der Waals surface area contributed by atoms with Gasteiger partial charge in [-0.2, -0.15) is 13.2 Å². The lowest BCUT2D eigenvalue weighted by Gasteiger charge is -2.14. The van der Waals surface area contributed by atoms with Gasteiger partial charge in [-0.1, -0.05) is 54.6 Å². The van der Waals surface area contributed by atoms with Gasteiger partial charge in [0.1, 0.15) is 0 Å². The van der Waals surface area contributed by atoms with E-state index in [1.807, 2.05) is 42.5 Å². The molecule has 3 aromatic rings. The first-order valence-electron chi connectivity index (χ1n) is 8.72. The van der Waals surface area contributed by atoms with Gasteiger partial charge in [0.2, 0.25) is 0 Å². The van der Waals surface area contributed by atoms with Gasteiger partial charge in [0.05, 0.1) is 17.0 Å². The number of benzene rings is 3. The van der Waals surface area contributed by atoms with Crippen LogP contribution in [0.1, 0.15) is 16.7 Å². The highest BCUT2D eigenvalue weighted by molar-refractivity contribution is 8.18. The number of rotatable bonds is 3. The summed E-state index contributed by atoms with van der Waals surface area (Å²) in [6.07, 6.45) is -2.98. The van der Waals surface area contributed by atoms with Crippen molar-refractivity contribution >= 4 is 39.8 Å². The van der Waals surface area contributed by atoms with Crippen LogP contribution in [0.3, 0.4) is 0 Å². The van der Waals surface area contributed by atoms with Gasteiger partial charge in [-0.25, -0.2) is 0 Å². The molecule has 0 saturated carbocycles. The van der Waals surface area contributed by atoms with Crippen molar-refractivity contribution in [1.29, 1.82) is 0 Å². The van der Waals surface area contributed by atoms with Gasteiger partial charge in [-0.05, 0) is 51.9 Å². The van der Waals surface area contributed by atoms with E-state index in [4.69, 9.17) is 0 Å². The minimum absolute atomic E-state index is 0.135.